The van der Waals surface area contributed by atoms with Crippen LogP contribution in [0.4, 0.5) is 5.69 Å². The van der Waals surface area contributed by atoms with Gasteiger partial charge >= 0.3 is 5.97 Å². The third-order valence-electron chi connectivity index (χ3n) is 7.18. The summed E-state index contributed by atoms with van der Waals surface area (Å²) in [5.41, 5.74) is 4.81. The number of benzene rings is 3. The molecule has 0 aliphatic heterocycles. The zero-order valence-electron chi connectivity index (χ0n) is 20.2. The first-order chi connectivity index (χ1) is 18.1. The number of fused-ring (bicyclic) bond motifs is 2. The lowest BCUT2D eigenvalue weighted by Gasteiger charge is -2.25. The predicted molar refractivity (Wildman–Crippen MR) is 144 cm³/mol. The van der Waals surface area contributed by atoms with Gasteiger partial charge in [-0.3, -0.25) is 9.78 Å². The summed E-state index contributed by atoms with van der Waals surface area (Å²) in [7, 11) is 0. The first-order valence-corrected chi connectivity index (χ1v) is 12.6. The fourth-order valence-corrected chi connectivity index (χ4v) is 5.32. The van der Waals surface area contributed by atoms with Crippen molar-refractivity contribution in [3.8, 4) is 11.4 Å². The molecule has 1 aliphatic rings. The van der Waals surface area contributed by atoms with Gasteiger partial charge in [0.1, 0.15) is 5.82 Å². The molecule has 6 rings (SSSR count). The predicted octanol–water partition coefficient (Wildman–Crippen LogP) is 6.71. The Kier molecular flexibility index (Phi) is 5.88. The first kappa shape index (κ1) is 22.9. The number of carboxylic acids is 1. The number of carbonyl (C=O) groups is 2. The SMILES string of the molecule is O=C(O)c1ccc2c(c1)nc(-c1ccc(C(=O)Nc3cccc4ncccc34)cc1)n2C1CCCCC1. The van der Waals surface area contributed by atoms with Crippen molar-refractivity contribution in [3.63, 3.8) is 0 Å². The van der Waals surface area contributed by atoms with Gasteiger partial charge in [0.15, 0.2) is 0 Å². The molecule has 2 heterocycles. The summed E-state index contributed by atoms with van der Waals surface area (Å²) >= 11 is 0. The van der Waals surface area contributed by atoms with E-state index >= 15 is 0 Å². The smallest absolute Gasteiger partial charge is 0.335 e. The van der Waals surface area contributed by atoms with Gasteiger partial charge in [-0.2, -0.15) is 0 Å². The second kappa shape index (κ2) is 9.50. The molecule has 1 aliphatic carbocycles. The Balaban J connectivity index is 1.34. The van der Waals surface area contributed by atoms with Crippen LogP contribution in [0.3, 0.4) is 0 Å². The summed E-state index contributed by atoms with van der Waals surface area (Å²) < 4.78 is 2.26. The van der Waals surface area contributed by atoms with Gasteiger partial charge in [0.25, 0.3) is 5.91 Å². The minimum Gasteiger partial charge on any atom is -0.478 e. The number of amides is 1. The van der Waals surface area contributed by atoms with E-state index in [1.807, 2.05) is 48.5 Å². The number of aromatic nitrogens is 3. The topological polar surface area (TPSA) is 97.1 Å². The van der Waals surface area contributed by atoms with Crippen molar-refractivity contribution in [3.05, 3.63) is 90.1 Å². The summed E-state index contributed by atoms with van der Waals surface area (Å²) in [4.78, 5) is 33.8. The Hall–Kier alpha value is -4.52. The van der Waals surface area contributed by atoms with Crippen LogP contribution < -0.4 is 5.32 Å². The quantitative estimate of drug-likeness (QED) is 0.285. The average molecular weight is 491 g/mol. The molecule has 7 heteroatoms. The van der Waals surface area contributed by atoms with E-state index in [1.54, 1.807) is 30.5 Å². The number of pyridine rings is 1. The summed E-state index contributed by atoms with van der Waals surface area (Å²) in [6, 6.07) is 22.4. The molecule has 0 spiro atoms. The third-order valence-corrected chi connectivity index (χ3v) is 7.18. The van der Waals surface area contributed by atoms with E-state index in [-0.39, 0.29) is 11.5 Å². The molecular formula is C30H26N4O3. The molecule has 2 N–H and O–H groups in total. The van der Waals surface area contributed by atoms with Gasteiger partial charge in [0.05, 0.1) is 27.8 Å². The molecule has 7 nitrogen and oxygen atoms in total. The molecule has 0 radical (unpaired) electrons. The molecule has 0 saturated heterocycles. The second-order valence-corrected chi connectivity index (χ2v) is 9.51. The van der Waals surface area contributed by atoms with Crippen molar-refractivity contribution >= 4 is 39.5 Å². The lowest BCUT2D eigenvalue weighted by molar-refractivity contribution is 0.0696. The highest BCUT2D eigenvalue weighted by Gasteiger charge is 2.23. The minimum atomic E-state index is -0.965. The molecule has 3 aromatic carbocycles. The number of aromatic carboxylic acids is 1. The molecule has 0 unspecified atom stereocenters. The van der Waals surface area contributed by atoms with Gasteiger partial charge in [-0.15, -0.1) is 0 Å². The molecule has 0 bridgehead atoms. The van der Waals surface area contributed by atoms with Crippen molar-refractivity contribution in [1.82, 2.24) is 14.5 Å². The van der Waals surface area contributed by atoms with Crippen molar-refractivity contribution in [2.24, 2.45) is 0 Å². The first-order valence-electron chi connectivity index (χ1n) is 12.6. The third kappa shape index (κ3) is 4.33. The number of hydrogen-bond donors (Lipinski definition) is 2. The molecule has 184 valence electrons. The van der Waals surface area contributed by atoms with E-state index < -0.39 is 5.97 Å². The van der Waals surface area contributed by atoms with E-state index in [1.165, 1.54) is 19.3 Å². The number of nitrogens with one attached hydrogen (secondary N) is 1. The lowest BCUT2D eigenvalue weighted by Crippen LogP contribution is -2.14. The van der Waals surface area contributed by atoms with Crippen molar-refractivity contribution < 1.29 is 14.7 Å². The minimum absolute atomic E-state index is 0.199. The molecule has 0 atom stereocenters. The van der Waals surface area contributed by atoms with Crippen LogP contribution in [0.5, 0.6) is 0 Å². The summed E-state index contributed by atoms with van der Waals surface area (Å²) in [5.74, 6) is -0.362. The Morgan fingerprint density at radius 1 is 0.865 bits per heavy atom. The number of carbonyl (C=O) groups excluding carboxylic acids is 1. The van der Waals surface area contributed by atoms with Gasteiger partial charge < -0.3 is 15.0 Å². The molecule has 1 fully saturated rings. The zero-order valence-corrected chi connectivity index (χ0v) is 20.2. The molecule has 1 saturated carbocycles. The Morgan fingerprint density at radius 2 is 1.65 bits per heavy atom. The average Bonchev–Trinajstić information content (AvgIpc) is 3.32. The van der Waals surface area contributed by atoms with E-state index in [9.17, 15) is 14.7 Å². The maximum absolute atomic E-state index is 13.1. The van der Waals surface area contributed by atoms with Crippen molar-refractivity contribution in [1.29, 1.82) is 0 Å². The Labute approximate surface area is 213 Å². The van der Waals surface area contributed by atoms with Gasteiger partial charge in [0.2, 0.25) is 0 Å². The van der Waals surface area contributed by atoms with Crippen LogP contribution in [-0.4, -0.2) is 31.5 Å². The van der Waals surface area contributed by atoms with Gasteiger partial charge in [-0.05, 0) is 67.4 Å². The van der Waals surface area contributed by atoms with Crippen LogP contribution in [0.15, 0.2) is 79.0 Å². The van der Waals surface area contributed by atoms with Crippen LogP contribution in [-0.2, 0) is 0 Å². The molecule has 2 aromatic heterocycles. The lowest BCUT2D eigenvalue weighted by atomic mass is 9.94. The van der Waals surface area contributed by atoms with Crippen LogP contribution >= 0.6 is 0 Å². The van der Waals surface area contributed by atoms with Crippen LogP contribution in [0.1, 0.15) is 58.9 Å². The fraction of sp³-hybridized carbons (Fsp3) is 0.200. The standard InChI is InChI=1S/C30H26N4O3/c35-29(33-25-10-4-9-24-23(25)8-5-17-31-24)20-13-11-19(12-14-20)28-32-26-18-21(30(36)37)15-16-27(26)34(28)22-6-2-1-3-7-22/h4-5,8-18,22H,1-3,6-7H2,(H,33,35)(H,36,37). The van der Waals surface area contributed by atoms with Gasteiger partial charge in [0, 0.05) is 28.8 Å². The number of anilines is 1. The maximum Gasteiger partial charge on any atom is 0.335 e. The Bertz CT molecular complexity index is 1630. The highest BCUT2D eigenvalue weighted by molar-refractivity contribution is 6.08. The van der Waals surface area contributed by atoms with Crippen molar-refractivity contribution in [2.45, 2.75) is 38.1 Å². The van der Waals surface area contributed by atoms with E-state index in [4.69, 9.17) is 4.98 Å². The summed E-state index contributed by atoms with van der Waals surface area (Å²) in [6.45, 7) is 0. The monoisotopic (exact) mass is 490 g/mol. The van der Waals surface area contributed by atoms with Crippen LogP contribution in [0, 0.1) is 0 Å². The number of rotatable bonds is 5. The van der Waals surface area contributed by atoms with Crippen molar-refractivity contribution in [2.75, 3.05) is 5.32 Å². The molecule has 37 heavy (non-hydrogen) atoms. The van der Waals surface area contributed by atoms with E-state index in [0.717, 1.165) is 40.6 Å². The van der Waals surface area contributed by atoms with Crippen LogP contribution in [0.25, 0.3) is 33.3 Å². The molecule has 1 amide bonds. The number of nitrogens with zero attached hydrogens (tertiary/aromatic N) is 3. The largest absolute Gasteiger partial charge is 0.478 e. The summed E-state index contributed by atoms with van der Waals surface area (Å²) in [5, 5.41) is 13.3. The highest BCUT2D eigenvalue weighted by atomic mass is 16.4. The highest BCUT2D eigenvalue weighted by Crippen LogP contribution is 2.36. The zero-order chi connectivity index (χ0) is 25.4. The van der Waals surface area contributed by atoms with Gasteiger partial charge in [-0.1, -0.05) is 37.5 Å². The second-order valence-electron chi connectivity index (χ2n) is 9.51. The van der Waals surface area contributed by atoms with E-state index in [0.29, 0.717) is 22.8 Å². The summed E-state index contributed by atoms with van der Waals surface area (Å²) in [6.07, 6.45) is 7.44. The normalized spacial score (nSPS) is 14.2. The number of hydrogen-bond acceptors (Lipinski definition) is 4. The fourth-order valence-electron chi connectivity index (χ4n) is 5.32. The molecular weight excluding hydrogens is 464 g/mol. The molecule has 5 aromatic rings. The Morgan fingerprint density at radius 3 is 2.43 bits per heavy atom. The van der Waals surface area contributed by atoms with Crippen LogP contribution in [0.2, 0.25) is 0 Å². The van der Waals surface area contributed by atoms with Gasteiger partial charge in [-0.25, -0.2) is 9.78 Å². The number of imidazole rings is 1. The maximum atomic E-state index is 13.1. The number of carboxylic acid groups (broad SMARTS) is 1. The van der Waals surface area contributed by atoms with E-state index in [2.05, 4.69) is 14.9 Å².